The van der Waals surface area contributed by atoms with Crippen LogP contribution in [0.3, 0.4) is 0 Å². The molecule has 3 aromatic rings. The molecule has 0 saturated heterocycles. The summed E-state index contributed by atoms with van der Waals surface area (Å²) >= 11 is 0. The number of carbonyl (C=O) groups is 3. The maximum absolute atomic E-state index is 12.1. The van der Waals surface area contributed by atoms with E-state index in [0.717, 1.165) is 0 Å². The molecule has 2 aromatic carbocycles. The van der Waals surface area contributed by atoms with Crippen LogP contribution in [-0.4, -0.2) is 36.6 Å². The molecule has 0 radical (unpaired) electrons. The molecule has 1 heterocycles. The van der Waals surface area contributed by atoms with Gasteiger partial charge >= 0.3 is 6.16 Å². The van der Waals surface area contributed by atoms with E-state index in [1.165, 1.54) is 25.3 Å². The molecule has 0 atom stereocenters. The van der Waals surface area contributed by atoms with Crippen molar-refractivity contribution in [3.63, 3.8) is 0 Å². The molecule has 0 aliphatic carbocycles. The SMILES string of the molecule is COC(=O)Oc1ccccc1/N=N/c1ccc(NC(=O)CNC(=O)c2ccccc2)nc1N. The van der Waals surface area contributed by atoms with Crippen LogP contribution >= 0.6 is 0 Å². The van der Waals surface area contributed by atoms with Crippen molar-refractivity contribution in [3.05, 3.63) is 72.3 Å². The zero-order valence-corrected chi connectivity index (χ0v) is 17.5. The Hall–Kier alpha value is -4.80. The standard InChI is InChI=1S/C22H20N6O5/c1-32-22(31)33-17-10-6-5-9-15(17)27-28-16-11-12-18(26-20(16)23)25-19(29)13-24-21(30)14-7-3-2-4-8-14/h2-12H,13H2,1H3,(H,24,30)(H3,23,25,26,29)/b28-27+. The number of ether oxygens (including phenoxy) is 2. The fourth-order valence-electron chi connectivity index (χ4n) is 2.53. The molecule has 4 N–H and O–H groups in total. The molecule has 11 heteroatoms. The third-order valence-electron chi connectivity index (χ3n) is 4.11. The highest BCUT2D eigenvalue weighted by atomic mass is 16.7. The highest BCUT2D eigenvalue weighted by Crippen LogP contribution is 2.30. The Morgan fingerprint density at radius 3 is 2.36 bits per heavy atom. The van der Waals surface area contributed by atoms with Gasteiger partial charge in [0, 0.05) is 5.56 Å². The fourth-order valence-corrected chi connectivity index (χ4v) is 2.53. The summed E-state index contributed by atoms with van der Waals surface area (Å²) in [4.78, 5) is 39.5. The number of hydrogen-bond donors (Lipinski definition) is 3. The van der Waals surface area contributed by atoms with Gasteiger partial charge in [-0.2, -0.15) is 0 Å². The van der Waals surface area contributed by atoms with Crippen molar-refractivity contribution < 1.29 is 23.9 Å². The summed E-state index contributed by atoms with van der Waals surface area (Å²) in [6, 6.07) is 18.0. The fraction of sp³-hybridized carbons (Fsp3) is 0.0909. The summed E-state index contributed by atoms with van der Waals surface area (Å²) < 4.78 is 9.47. The molecule has 33 heavy (non-hydrogen) atoms. The molecule has 3 rings (SSSR count). The number of aromatic nitrogens is 1. The van der Waals surface area contributed by atoms with Gasteiger partial charge in [0.25, 0.3) is 5.91 Å². The maximum Gasteiger partial charge on any atom is 0.513 e. The molecular weight excluding hydrogens is 428 g/mol. The van der Waals surface area contributed by atoms with E-state index in [1.807, 2.05) is 0 Å². The number of amides is 2. The monoisotopic (exact) mass is 448 g/mol. The lowest BCUT2D eigenvalue weighted by molar-refractivity contribution is -0.115. The summed E-state index contributed by atoms with van der Waals surface area (Å²) in [5.74, 6) is -0.503. The van der Waals surface area contributed by atoms with Gasteiger partial charge in [-0.1, -0.05) is 30.3 Å². The summed E-state index contributed by atoms with van der Waals surface area (Å²) in [6.07, 6.45) is -0.890. The highest BCUT2D eigenvalue weighted by Gasteiger charge is 2.11. The maximum atomic E-state index is 12.1. The number of hydrogen-bond acceptors (Lipinski definition) is 9. The van der Waals surface area contributed by atoms with Gasteiger partial charge in [0.2, 0.25) is 5.91 Å². The van der Waals surface area contributed by atoms with E-state index < -0.39 is 12.1 Å². The van der Waals surface area contributed by atoms with Gasteiger partial charge in [-0.15, -0.1) is 10.2 Å². The van der Waals surface area contributed by atoms with Crippen molar-refractivity contribution >= 4 is 41.0 Å². The number of methoxy groups -OCH3 is 1. The molecule has 0 unspecified atom stereocenters. The van der Waals surface area contributed by atoms with Gasteiger partial charge < -0.3 is 25.8 Å². The second kappa shape index (κ2) is 11.0. The minimum atomic E-state index is -0.890. The third kappa shape index (κ3) is 6.59. The number of nitrogens with one attached hydrogen (secondary N) is 2. The van der Waals surface area contributed by atoms with Crippen LogP contribution in [0.1, 0.15) is 10.4 Å². The second-order valence-electron chi connectivity index (χ2n) is 6.42. The van der Waals surface area contributed by atoms with Crippen molar-refractivity contribution in [2.24, 2.45) is 10.2 Å². The molecule has 11 nitrogen and oxygen atoms in total. The number of nitrogens with zero attached hydrogens (tertiary/aromatic N) is 3. The van der Waals surface area contributed by atoms with Crippen LogP contribution in [0, 0.1) is 0 Å². The molecule has 0 bridgehead atoms. The largest absolute Gasteiger partial charge is 0.513 e. The van der Waals surface area contributed by atoms with Crippen LogP contribution < -0.4 is 21.1 Å². The van der Waals surface area contributed by atoms with Crippen molar-refractivity contribution in [2.45, 2.75) is 0 Å². The van der Waals surface area contributed by atoms with Crippen molar-refractivity contribution in [2.75, 3.05) is 24.7 Å². The minimum absolute atomic E-state index is 0.0104. The predicted octanol–water partition coefficient (Wildman–Crippen LogP) is 3.59. The number of rotatable bonds is 7. The number of anilines is 2. The van der Waals surface area contributed by atoms with Crippen molar-refractivity contribution in [1.82, 2.24) is 10.3 Å². The molecule has 168 valence electrons. The van der Waals surface area contributed by atoms with Gasteiger partial charge in [0.05, 0.1) is 13.7 Å². The molecule has 0 aliphatic heterocycles. The molecule has 0 fully saturated rings. The Morgan fingerprint density at radius 2 is 1.64 bits per heavy atom. The Labute approximate surface area is 188 Å². The molecule has 0 saturated carbocycles. The highest BCUT2D eigenvalue weighted by molar-refractivity contribution is 5.99. The molecule has 2 amide bonds. The van der Waals surface area contributed by atoms with Crippen LogP contribution in [0.4, 0.5) is 27.8 Å². The van der Waals surface area contributed by atoms with Crippen LogP contribution in [0.2, 0.25) is 0 Å². The first-order valence-electron chi connectivity index (χ1n) is 9.62. The van der Waals surface area contributed by atoms with Crippen molar-refractivity contribution in [1.29, 1.82) is 0 Å². The zero-order chi connectivity index (χ0) is 23.6. The van der Waals surface area contributed by atoms with Gasteiger partial charge in [-0.3, -0.25) is 9.59 Å². The van der Waals surface area contributed by atoms with Gasteiger partial charge in [-0.05, 0) is 36.4 Å². The van der Waals surface area contributed by atoms with E-state index in [1.54, 1.807) is 48.5 Å². The normalized spacial score (nSPS) is 10.5. The number of azo groups is 1. The Bertz CT molecular complexity index is 1180. The molecule has 1 aromatic heterocycles. The first kappa shape index (κ1) is 22.9. The Balaban J connectivity index is 1.60. The van der Waals surface area contributed by atoms with E-state index in [9.17, 15) is 14.4 Å². The average molecular weight is 448 g/mol. The number of nitrogen functional groups attached to an aromatic ring is 1. The van der Waals surface area contributed by atoms with Crippen LogP contribution in [-0.2, 0) is 9.53 Å². The second-order valence-corrected chi connectivity index (χ2v) is 6.42. The smallest absolute Gasteiger partial charge is 0.437 e. The lowest BCUT2D eigenvalue weighted by atomic mass is 10.2. The molecule has 0 spiro atoms. The van der Waals surface area contributed by atoms with Crippen LogP contribution in [0.15, 0.2) is 77.0 Å². The van der Waals surface area contributed by atoms with E-state index in [2.05, 4.69) is 30.6 Å². The van der Waals surface area contributed by atoms with Gasteiger partial charge in [0.15, 0.2) is 11.6 Å². The number of carbonyl (C=O) groups excluding carboxylic acids is 3. The number of benzene rings is 2. The van der Waals surface area contributed by atoms with Gasteiger partial charge in [0.1, 0.15) is 17.2 Å². The average Bonchev–Trinajstić information content (AvgIpc) is 2.83. The Kier molecular flexibility index (Phi) is 7.62. The minimum Gasteiger partial charge on any atom is -0.437 e. The van der Waals surface area contributed by atoms with E-state index in [-0.39, 0.29) is 41.2 Å². The van der Waals surface area contributed by atoms with Crippen LogP contribution in [0.25, 0.3) is 0 Å². The number of nitrogens with two attached hydrogens (primary N) is 1. The zero-order valence-electron chi connectivity index (χ0n) is 17.5. The first-order chi connectivity index (χ1) is 16.0. The van der Waals surface area contributed by atoms with Crippen LogP contribution in [0.5, 0.6) is 5.75 Å². The predicted molar refractivity (Wildman–Crippen MR) is 120 cm³/mol. The lowest BCUT2D eigenvalue weighted by Gasteiger charge is -2.08. The van der Waals surface area contributed by atoms with Crippen molar-refractivity contribution in [3.8, 4) is 5.75 Å². The first-order valence-corrected chi connectivity index (χ1v) is 9.62. The topological polar surface area (TPSA) is 157 Å². The van der Waals surface area contributed by atoms with Gasteiger partial charge in [-0.25, -0.2) is 9.78 Å². The number of para-hydroxylation sites is 1. The Morgan fingerprint density at radius 1 is 0.939 bits per heavy atom. The van der Waals surface area contributed by atoms with E-state index in [0.29, 0.717) is 5.56 Å². The van der Waals surface area contributed by atoms with E-state index in [4.69, 9.17) is 10.5 Å². The van der Waals surface area contributed by atoms with E-state index >= 15 is 0 Å². The number of pyridine rings is 1. The lowest BCUT2D eigenvalue weighted by Crippen LogP contribution is -2.33. The molecule has 0 aliphatic rings. The summed E-state index contributed by atoms with van der Waals surface area (Å²) in [6.45, 7) is -0.242. The summed E-state index contributed by atoms with van der Waals surface area (Å²) in [5.41, 5.74) is 6.86. The third-order valence-corrected chi connectivity index (χ3v) is 4.11. The summed E-state index contributed by atoms with van der Waals surface area (Å²) in [7, 11) is 1.19. The summed E-state index contributed by atoms with van der Waals surface area (Å²) in [5, 5.41) is 13.1. The molecular formula is C22H20N6O5. The quantitative estimate of drug-likeness (QED) is 0.283.